The van der Waals surface area contributed by atoms with E-state index in [1.807, 2.05) is 6.92 Å². The number of ether oxygens (including phenoxy) is 1. The lowest BCUT2D eigenvalue weighted by Crippen LogP contribution is -2.14. The van der Waals surface area contributed by atoms with Gasteiger partial charge in [-0.05, 0) is 61.6 Å². The Balaban J connectivity index is 1.59. The van der Waals surface area contributed by atoms with Gasteiger partial charge in [-0.15, -0.1) is 0 Å². The van der Waals surface area contributed by atoms with Crippen LogP contribution in [0.1, 0.15) is 37.8 Å². The molecule has 1 heterocycles. The van der Waals surface area contributed by atoms with Gasteiger partial charge < -0.3 is 15.2 Å². The third-order valence-corrected chi connectivity index (χ3v) is 8.33. The maximum absolute atomic E-state index is 13.1. The second-order valence-corrected chi connectivity index (χ2v) is 11.0. The number of benzene rings is 2. The molecular weight excluding hydrogens is 474 g/mol. The van der Waals surface area contributed by atoms with E-state index in [0.717, 1.165) is 17.7 Å². The largest absolute Gasteiger partial charge is 0.508 e. The molecule has 34 heavy (non-hydrogen) atoms. The summed E-state index contributed by atoms with van der Waals surface area (Å²) in [6.45, 7) is 1.82. The number of nitrogens with zero attached hydrogens (tertiary/aromatic N) is 1. The number of thiazole rings is 1. The Morgan fingerprint density at radius 1 is 1.21 bits per heavy atom. The number of amides is 1. The van der Waals surface area contributed by atoms with Gasteiger partial charge in [0.1, 0.15) is 16.4 Å². The molecule has 2 aromatic carbocycles. The van der Waals surface area contributed by atoms with Gasteiger partial charge in [0.05, 0.1) is 23.4 Å². The molecule has 1 aromatic heterocycles. The summed E-state index contributed by atoms with van der Waals surface area (Å²) in [4.78, 5) is 17.6. The molecule has 8 nitrogen and oxygen atoms in total. The van der Waals surface area contributed by atoms with Crippen LogP contribution >= 0.6 is 11.3 Å². The summed E-state index contributed by atoms with van der Waals surface area (Å²) in [6, 6.07) is 10.7. The van der Waals surface area contributed by atoms with Crippen molar-refractivity contribution in [3.63, 3.8) is 0 Å². The van der Waals surface area contributed by atoms with E-state index in [4.69, 9.17) is 4.74 Å². The number of aromatic nitrogens is 1. The van der Waals surface area contributed by atoms with Crippen LogP contribution in [-0.2, 0) is 14.8 Å². The van der Waals surface area contributed by atoms with Crippen LogP contribution in [0, 0.1) is 12.8 Å². The molecule has 1 saturated carbocycles. The summed E-state index contributed by atoms with van der Waals surface area (Å²) >= 11 is 1.31. The van der Waals surface area contributed by atoms with Crippen molar-refractivity contribution in [3.05, 3.63) is 48.2 Å². The van der Waals surface area contributed by atoms with Gasteiger partial charge in [0.2, 0.25) is 5.91 Å². The number of aromatic hydroxyl groups is 1. The van der Waals surface area contributed by atoms with Crippen LogP contribution in [0.4, 0.5) is 10.8 Å². The summed E-state index contributed by atoms with van der Waals surface area (Å²) in [5.41, 5.74) is 1.56. The zero-order chi connectivity index (χ0) is 24.3. The lowest BCUT2D eigenvalue weighted by atomic mass is 10.0. The molecule has 3 aromatic rings. The van der Waals surface area contributed by atoms with Crippen LogP contribution in [0.5, 0.6) is 11.5 Å². The lowest BCUT2D eigenvalue weighted by Gasteiger charge is -2.13. The number of rotatable bonds is 8. The number of phenolic OH excluding ortho intramolecular Hbond substituents is 1. The van der Waals surface area contributed by atoms with Crippen molar-refractivity contribution in [1.29, 1.82) is 0 Å². The number of methoxy groups -OCH3 is 1. The van der Waals surface area contributed by atoms with Crippen molar-refractivity contribution in [2.24, 2.45) is 5.92 Å². The van der Waals surface area contributed by atoms with Gasteiger partial charge in [-0.1, -0.05) is 30.2 Å². The van der Waals surface area contributed by atoms with Crippen molar-refractivity contribution in [3.8, 4) is 21.9 Å². The van der Waals surface area contributed by atoms with Gasteiger partial charge in [0.15, 0.2) is 5.13 Å². The minimum absolute atomic E-state index is 0.0412. The van der Waals surface area contributed by atoms with Crippen LogP contribution in [0.15, 0.2) is 47.4 Å². The molecular formula is C24H27N3O5S2. The average molecular weight is 502 g/mol. The molecule has 180 valence electrons. The normalized spacial score (nSPS) is 14.2. The number of aryl methyl sites for hydroxylation is 1. The molecule has 1 fully saturated rings. The van der Waals surface area contributed by atoms with Gasteiger partial charge in [-0.25, -0.2) is 13.4 Å². The minimum atomic E-state index is -4.01. The fourth-order valence-corrected chi connectivity index (χ4v) is 6.40. The van der Waals surface area contributed by atoms with E-state index in [1.54, 1.807) is 24.3 Å². The molecule has 1 aliphatic carbocycles. The Morgan fingerprint density at radius 3 is 2.68 bits per heavy atom. The maximum atomic E-state index is 13.1. The molecule has 0 aliphatic heterocycles. The number of sulfonamides is 1. The van der Waals surface area contributed by atoms with Gasteiger partial charge in [-0.3, -0.25) is 9.52 Å². The second kappa shape index (κ2) is 10.0. The van der Waals surface area contributed by atoms with E-state index in [9.17, 15) is 18.3 Å². The van der Waals surface area contributed by atoms with Gasteiger partial charge in [0.25, 0.3) is 10.0 Å². The summed E-state index contributed by atoms with van der Waals surface area (Å²) in [5, 5.41) is 13.0. The quantitative estimate of drug-likeness (QED) is 0.393. The molecule has 0 saturated heterocycles. The number of anilines is 2. The molecule has 3 N–H and O–H groups in total. The first kappa shape index (κ1) is 24.0. The summed E-state index contributed by atoms with van der Waals surface area (Å²) in [7, 11) is -2.61. The maximum Gasteiger partial charge on any atom is 0.265 e. The number of hydrogen-bond acceptors (Lipinski definition) is 7. The lowest BCUT2D eigenvalue weighted by molar-refractivity contribution is -0.117. The SMILES string of the molecule is COc1ccc(-c2sc(NC(=O)CC3CCCC3)nc2C)cc1S(=O)(=O)Nc1cccc(O)c1. The molecule has 1 amide bonds. The highest BCUT2D eigenvalue weighted by molar-refractivity contribution is 7.92. The third kappa shape index (κ3) is 5.51. The Bertz CT molecular complexity index is 1300. The first-order chi connectivity index (χ1) is 16.2. The molecule has 0 unspecified atom stereocenters. The zero-order valence-electron chi connectivity index (χ0n) is 19.0. The molecule has 0 spiro atoms. The number of hydrogen-bond donors (Lipinski definition) is 3. The number of carbonyl (C=O) groups excluding carboxylic acids is 1. The van der Waals surface area contributed by atoms with Crippen LogP contribution in [0.25, 0.3) is 10.4 Å². The smallest absolute Gasteiger partial charge is 0.265 e. The topological polar surface area (TPSA) is 118 Å². The molecule has 0 bridgehead atoms. The van der Waals surface area contributed by atoms with E-state index in [2.05, 4.69) is 15.0 Å². The van der Waals surface area contributed by atoms with Crippen LogP contribution < -0.4 is 14.8 Å². The summed E-state index contributed by atoms with van der Waals surface area (Å²) < 4.78 is 34.0. The predicted octanol–water partition coefficient (Wildman–Crippen LogP) is 5.15. The van der Waals surface area contributed by atoms with Gasteiger partial charge in [-0.2, -0.15) is 0 Å². The molecule has 10 heteroatoms. The van der Waals surface area contributed by atoms with Crippen molar-refractivity contribution in [2.45, 2.75) is 43.9 Å². The Morgan fingerprint density at radius 2 is 1.97 bits per heavy atom. The monoisotopic (exact) mass is 501 g/mol. The number of phenols is 1. The van der Waals surface area contributed by atoms with Crippen molar-refractivity contribution in [2.75, 3.05) is 17.1 Å². The van der Waals surface area contributed by atoms with Gasteiger partial charge in [0, 0.05) is 12.5 Å². The average Bonchev–Trinajstić information content (AvgIpc) is 3.42. The van der Waals surface area contributed by atoms with Crippen molar-refractivity contribution < 1.29 is 23.1 Å². The first-order valence-corrected chi connectivity index (χ1v) is 13.3. The molecule has 0 atom stereocenters. The fraction of sp³-hybridized carbons (Fsp3) is 0.333. The zero-order valence-corrected chi connectivity index (χ0v) is 20.6. The molecule has 1 aliphatic rings. The Hall–Kier alpha value is -3.11. The number of carbonyl (C=O) groups is 1. The van der Waals surface area contributed by atoms with E-state index >= 15 is 0 Å². The van der Waals surface area contributed by atoms with E-state index in [-0.39, 0.29) is 28.0 Å². The second-order valence-electron chi connectivity index (χ2n) is 8.36. The van der Waals surface area contributed by atoms with E-state index < -0.39 is 10.0 Å². The third-order valence-electron chi connectivity index (χ3n) is 5.81. The minimum Gasteiger partial charge on any atom is -0.508 e. The first-order valence-electron chi connectivity index (χ1n) is 11.0. The van der Waals surface area contributed by atoms with E-state index in [0.29, 0.717) is 28.7 Å². The van der Waals surface area contributed by atoms with Gasteiger partial charge >= 0.3 is 0 Å². The predicted molar refractivity (Wildman–Crippen MR) is 133 cm³/mol. The van der Waals surface area contributed by atoms with Crippen molar-refractivity contribution >= 4 is 38.1 Å². The summed E-state index contributed by atoms with van der Waals surface area (Å²) in [6.07, 6.45) is 5.05. The van der Waals surface area contributed by atoms with E-state index in [1.165, 1.54) is 49.5 Å². The summed E-state index contributed by atoms with van der Waals surface area (Å²) in [5.74, 6) is 0.529. The van der Waals surface area contributed by atoms with Crippen molar-refractivity contribution in [1.82, 2.24) is 4.98 Å². The Labute approximate surface area is 203 Å². The highest BCUT2D eigenvalue weighted by Crippen LogP contribution is 2.37. The fourth-order valence-electron chi connectivity index (χ4n) is 4.17. The highest BCUT2D eigenvalue weighted by atomic mass is 32.2. The van der Waals surface area contributed by atoms with Crippen LogP contribution in [0.3, 0.4) is 0 Å². The molecule has 4 rings (SSSR count). The van der Waals surface area contributed by atoms with Crippen LogP contribution in [0.2, 0.25) is 0 Å². The van der Waals surface area contributed by atoms with Crippen LogP contribution in [-0.4, -0.2) is 31.5 Å². The number of nitrogens with one attached hydrogen (secondary N) is 2. The Kier molecular flexibility index (Phi) is 7.08. The standard InChI is InChI=1S/C24H27N3O5S2/c1-15-23(33-24(25-15)26-22(29)12-16-6-3-4-7-16)17-10-11-20(32-2)21(13-17)34(30,31)27-18-8-5-9-19(28)14-18/h5,8-11,13-14,16,27-28H,3-4,6-7,12H2,1-2H3,(H,25,26,29). The highest BCUT2D eigenvalue weighted by Gasteiger charge is 2.23. The molecule has 0 radical (unpaired) electrons.